The Kier molecular flexibility index (Phi) is 5.95. The van der Waals surface area contributed by atoms with Crippen LogP contribution in [0.3, 0.4) is 0 Å². The van der Waals surface area contributed by atoms with Crippen LogP contribution in [0.4, 0.5) is 8.78 Å². The van der Waals surface area contributed by atoms with E-state index in [1.165, 1.54) is 13.2 Å². The Balaban J connectivity index is 1.60. The van der Waals surface area contributed by atoms with E-state index in [0.717, 1.165) is 46.6 Å². The van der Waals surface area contributed by atoms with E-state index >= 15 is 0 Å². The van der Waals surface area contributed by atoms with Crippen LogP contribution in [-0.2, 0) is 14.3 Å². The monoisotopic (exact) mass is 510 g/mol. The van der Waals surface area contributed by atoms with E-state index < -0.39 is 23.2 Å². The molecule has 37 heavy (non-hydrogen) atoms. The lowest BCUT2D eigenvalue weighted by Crippen LogP contribution is -2.43. The van der Waals surface area contributed by atoms with Gasteiger partial charge in [0, 0.05) is 54.6 Å². The molecule has 2 fully saturated rings. The second-order valence-electron chi connectivity index (χ2n) is 10.1. The van der Waals surface area contributed by atoms with Gasteiger partial charge in [-0.1, -0.05) is 0 Å². The number of aromatic nitrogens is 4. The highest BCUT2D eigenvalue weighted by Crippen LogP contribution is 2.48. The minimum atomic E-state index is -1.20. The molecule has 4 heterocycles. The highest BCUT2D eigenvalue weighted by Gasteiger charge is 2.44. The van der Waals surface area contributed by atoms with Crippen LogP contribution in [0.25, 0.3) is 27.8 Å². The number of carboxylic acids is 1. The summed E-state index contributed by atoms with van der Waals surface area (Å²) >= 11 is 0. The molecule has 1 aliphatic carbocycles. The Morgan fingerprint density at radius 2 is 1.89 bits per heavy atom. The number of H-pyrrole nitrogens is 1. The van der Waals surface area contributed by atoms with Crippen LogP contribution < -0.4 is 0 Å². The largest absolute Gasteiger partial charge is 0.479 e. The minimum Gasteiger partial charge on any atom is -0.479 e. The van der Waals surface area contributed by atoms with Crippen molar-refractivity contribution in [1.29, 1.82) is 0 Å². The molecule has 2 N–H and O–H groups in total. The number of benzene rings is 1. The predicted molar refractivity (Wildman–Crippen MR) is 132 cm³/mol. The van der Waals surface area contributed by atoms with Gasteiger partial charge >= 0.3 is 5.97 Å². The molecule has 2 aliphatic rings. The molecular weight excluding hydrogens is 482 g/mol. The highest BCUT2D eigenvalue weighted by molar-refractivity contribution is 5.93. The third kappa shape index (κ3) is 3.90. The van der Waals surface area contributed by atoms with Crippen molar-refractivity contribution < 1.29 is 28.2 Å². The van der Waals surface area contributed by atoms with Gasteiger partial charge in [-0.15, -0.1) is 0 Å². The molecule has 1 aromatic carbocycles. The van der Waals surface area contributed by atoms with Crippen LogP contribution in [0, 0.1) is 11.6 Å². The molecule has 10 heteroatoms. The molecule has 8 nitrogen and oxygen atoms in total. The topological polar surface area (TPSA) is 102 Å². The molecule has 1 saturated heterocycles. The summed E-state index contributed by atoms with van der Waals surface area (Å²) in [4.78, 5) is 17.0. The molecule has 4 aromatic rings. The van der Waals surface area contributed by atoms with Gasteiger partial charge < -0.3 is 19.1 Å². The fourth-order valence-corrected chi connectivity index (χ4v) is 6.17. The van der Waals surface area contributed by atoms with E-state index in [9.17, 15) is 18.7 Å². The fourth-order valence-electron chi connectivity index (χ4n) is 6.17. The lowest BCUT2D eigenvalue weighted by Gasteiger charge is -2.36. The molecule has 1 saturated carbocycles. The zero-order valence-electron chi connectivity index (χ0n) is 20.5. The molecule has 0 spiro atoms. The van der Waals surface area contributed by atoms with Crippen molar-refractivity contribution in [2.75, 3.05) is 20.3 Å². The smallest absolute Gasteiger partial charge is 0.335 e. The number of hydrogen-bond acceptors (Lipinski definition) is 5. The average Bonchev–Trinajstić information content (AvgIpc) is 3.51. The first-order valence-electron chi connectivity index (χ1n) is 12.6. The average molecular weight is 511 g/mol. The normalized spacial score (nSPS) is 23.2. The van der Waals surface area contributed by atoms with Crippen molar-refractivity contribution in [1.82, 2.24) is 19.7 Å². The number of pyridine rings is 1. The molecule has 6 rings (SSSR count). The van der Waals surface area contributed by atoms with Gasteiger partial charge in [-0.05, 0) is 62.6 Å². The van der Waals surface area contributed by atoms with E-state index in [2.05, 4.69) is 10.2 Å². The van der Waals surface area contributed by atoms with Crippen molar-refractivity contribution in [3.8, 4) is 5.69 Å². The molecule has 0 atom stereocenters. The summed E-state index contributed by atoms with van der Waals surface area (Å²) in [6.07, 6.45) is 5.23. The molecular formula is C27H28F2N4O4. The van der Waals surface area contributed by atoms with Crippen molar-refractivity contribution in [2.45, 2.75) is 56.0 Å². The number of nitrogens with one attached hydrogen (secondary N) is 1. The summed E-state index contributed by atoms with van der Waals surface area (Å²) in [5.74, 6) is -2.61. The lowest BCUT2D eigenvalue weighted by molar-refractivity contribution is -0.166. The van der Waals surface area contributed by atoms with Crippen LogP contribution in [0.5, 0.6) is 0 Å². The van der Waals surface area contributed by atoms with Crippen molar-refractivity contribution in [3.05, 3.63) is 53.4 Å². The standard InChI is InChI=1S/C27H28F2N4O4/c1-36-27(26(34)35)8-4-15(5-9-27)22-23-21(12-17-14-30-32-25(17)31-23)33(18-2-3-19(28)20(29)13-18)24(22)16-6-10-37-11-7-16/h2-3,12-16H,4-11H2,1H3,(H,34,35)(H,30,31,32). The van der Waals surface area contributed by atoms with E-state index in [1.54, 1.807) is 12.3 Å². The number of nitrogens with zero attached hydrogens (tertiary/aromatic N) is 3. The quantitative estimate of drug-likeness (QED) is 0.383. The summed E-state index contributed by atoms with van der Waals surface area (Å²) in [5.41, 5.74) is 3.58. The molecule has 1 aliphatic heterocycles. The van der Waals surface area contributed by atoms with Crippen molar-refractivity contribution in [3.63, 3.8) is 0 Å². The van der Waals surface area contributed by atoms with Crippen LogP contribution in [0.1, 0.15) is 61.6 Å². The second kappa shape index (κ2) is 9.18. The summed E-state index contributed by atoms with van der Waals surface area (Å²) in [7, 11) is 1.45. The van der Waals surface area contributed by atoms with Gasteiger partial charge in [0.25, 0.3) is 0 Å². The van der Waals surface area contributed by atoms with Gasteiger partial charge in [0.1, 0.15) is 0 Å². The zero-order valence-corrected chi connectivity index (χ0v) is 20.5. The number of ether oxygens (including phenoxy) is 2. The Hall–Kier alpha value is -3.37. The third-order valence-electron chi connectivity index (χ3n) is 8.17. The molecule has 0 amide bonds. The van der Waals surface area contributed by atoms with Gasteiger partial charge in [0.05, 0.1) is 17.2 Å². The summed E-state index contributed by atoms with van der Waals surface area (Å²) < 4.78 is 41.6. The summed E-state index contributed by atoms with van der Waals surface area (Å²) in [6.45, 7) is 1.22. The first-order valence-corrected chi connectivity index (χ1v) is 12.6. The lowest BCUT2D eigenvalue weighted by atomic mass is 9.74. The maximum Gasteiger partial charge on any atom is 0.335 e. The first-order chi connectivity index (χ1) is 17.9. The van der Waals surface area contributed by atoms with Gasteiger partial charge in [0.15, 0.2) is 22.9 Å². The molecule has 194 valence electrons. The van der Waals surface area contributed by atoms with Crippen LogP contribution in [-0.4, -0.2) is 56.7 Å². The number of aromatic amines is 1. The maximum absolute atomic E-state index is 14.5. The number of aliphatic carboxylic acids is 1. The maximum atomic E-state index is 14.5. The van der Waals surface area contributed by atoms with Gasteiger partial charge in [-0.3, -0.25) is 5.10 Å². The SMILES string of the molecule is COC1(C(=O)O)CCC(c2c(C3CCOCC3)n(-c3ccc(F)c(F)c3)c3cc4cn[nH]c4nc23)CC1. The van der Waals surface area contributed by atoms with E-state index in [-0.39, 0.29) is 11.8 Å². The molecule has 0 unspecified atom stereocenters. The first kappa shape index (κ1) is 24.0. The number of fused-ring (bicyclic) bond motifs is 2. The van der Waals surface area contributed by atoms with Crippen molar-refractivity contribution in [2.24, 2.45) is 0 Å². The highest BCUT2D eigenvalue weighted by atomic mass is 19.2. The number of carboxylic acid groups (broad SMARTS) is 1. The summed E-state index contributed by atoms with van der Waals surface area (Å²) in [5, 5.41) is 17.7. The predicted octanol–water partition coefficient (Wildman–Crippen LogP) is 5.20. The molecule has 0 radical (unpaired) electrons. The van der Waals surface area contributed by atoms with Crippen molar-refractivity contribution >= 4 is 28.0 Å². The van der Waals surface area contributed by atoms with Gasteiger partial charge in [-0.2, -0.15) is 5.10 Å². The second-order valence-corrected chi connectivity index (χ2v) is 10.1. The molecule has 0 bridgehead atoms. The van der Waals surface area contributed by atoms with E-state index in [4.69, 9.17) is 14.5 Å². The number of hydrogen-bond donors (Lipinski definition) is 2. The summed E-state index contributed by atoms with van der Waals surface area (Å²) in [6, 6.07) is 5.94. The van der Waals surface area contributed by atoms with Gasteiger partial charge in [-0.25, -0.2) is 18.6 Å². The van der Waals surface area contributed by atoms with Gasteiger partial charge in [0.2, 0.25) is 0 Å². The fraction of sp³-hybridized carbons (Fsp3) is 0.444. The minimum absolute atomic E-state index is 0.0300. The van der Waals surface area contributed by atoms with Crippen LogP contribution >= 0.6 is 0 Å². The Labute approximate surface area is 211 Å². The van der Waals surface area contributed by atoms with Crippen LogP contribution in [0.2, 0.25) is 0 Å². The number of halogens is 2. The Bertz CT molecular complexity index is 1480. The number of carbonyl (C=O) groups is 1. The number of rotatable bonds is 5. The Morgan fingerprint density at radius 1 is 1.14 bits per heavy atom. The Morgan fingerprint density at radius 3 is 2.57 bits per heavy atom. The van der Waals surface area contributed by atoms with E-state index in [0.29, 0.717) is 50.2 Å². The molecule has 3 aromatic heterocycles. The number of methoxy groups -OCH3 is 1. The van der Waals surface area contributed by atoms with Crippen LogP contribution in [0.15, 0.2) is 30.5 Å². The third-order valence-corrected chi connectivity index (χ3v) is 8.17. The van der Waals surface area contributed by atoms with E-state index in [1.807, 2.05) is 10.6 Å². The zero-order chi connectivity index (χ0) is 25.7.